The molecule has 3 amide bonds. The first-order valence-corrected chi connectivity index (χ1v) is 11.5. The van der Waals surface area contributed by atoms with Gasteiger partial charge in [-0.15, -0.1) is 0 Å². The number of carbonyl (C=O) groups is 2. The molecule has 0 aromatic heterocycles. The van der Waals surface area contributed by atoms with Crippen molar-refractivity contribution in [2.24, 2.45) is 0 Å². The second-order valence-electron chi connectivity index (χ2n) is 8.78. The Morgan fingerprint density at radius 1 is 1.06 bits per heavy atom. The van der Waals surface area contributed by atoms with E-state index in [1.807, 2.05) is 34.1 Å². The largest absolute Gasteiger partial charge is 0.378 e. The van der Waals surface area contributed by atoms with Crippen LogP contribution in [-0.4, -0.2) is 73.4 Å². The third kappa shape index (κ3) is 5.71. The molecule has 0 spiro atoms. The predicted octanol–water partition coefficient (Wildman–Crippen LogP) is 3.07. The molecule has 0 unspecified atom stereocenters. The lowest BCUT2D eigenvalue weighted by atomic mass is 9.89. The van der Waals surface area contributed by atoms with Gasteiger partial charge in [-0.25, -0.2) is 10.3 Å². The van der Waals surface area contributed by atoms with Gasteiger partial charge in [0.05, 0.1) is 19.8 Å². The fourth-order valence-electron chi connectivity index (χ4n) is 4.49. The molecule has 8 nitrogen and oxygen atoms in total. The van der Waals surface area contributed by atoms with Gasteiger partial charge < -0.3 is 14.5 Å². The summed E-state index contributed by atoms with van der Waals surface area (Å²) in [5.41, 5.74) is 5.05. The lowest BCUT2D eigenvalue weighted by Gasteiger charge is -2.34. The Hall–Kier alpha value is -2.94. The highest BCUT2D eigenvalue weighted by atomic mass is 16.5. The molecule has 0 bridgehead atoms. The number of amides is 3. The van der Waals surface area contributed by atoms with E-state index in [0.29, 0.717) is 44.3 Å². The van der Waals surface area contributed by atoms with Crippen LogP contribution in [0.2, 0.25) is 0 Å². The number of piperidine rings is 1. The summed E-state index contributed by atoms with van der Waals surface area (Å²) in [7, 11) is 2.16. The predicted molar refractivity (Wildman–Crippen MR) is 126 cm³/mol. The molecule has 2 aliphatic heterocycles. The number of anilines is 1. The second kappa shape index (κ2) is 10.8. The lowest BCUT2D eigenvalue weighted by molar-refractivity contribution is 0.0548. The number of rotatable bonds is 5. The standard InChI is InChI=1S/C25H32N4O4/c1-27-11-9-20(10-12-27)22-3-2-4-23(17-22)29(25(31)28-13-15-33-16-14-28)18-19-5-7-21(8-6-19)24(30)26-32/h2-8,17,20,32H,9-16,18H2,1H3,(H,26,30). The van der Waals surface area contributed by atoms with E-state index >= 15 is 0 Å². The maximum absolute atomic E-state index is 13.5. The van der Waals surface area contributed by atoms with Crippen LogP contribution in [0.4, 0.5) is 10.5 Å². The van der Waals surface area contributed by atoms with E-state index in [9.17, 15) is 9.59 Å². The first-order chi connectivity index (χ1) is 16.0. The number of nitrogens with one attached hydrogen (secondary N) is 1. The highest BCUT2D eigenvalue weighted by Crippen LogP contribution is 2.31. The van der Waals surface area contributed by atoms with Crippen molar-refractivity contribution >= 4 is 17.6 Å². The van der Waals surface area contributed by atoms with Crippen LogP contribution in [0, 0.1) is 0 Å². The van der Waals surface area contributed by atoms with E-state index in [1.54, 1.807) is 17.6 Å². The molecule has 2 saturated heterocycles. The van der Waals surface area contributed by atoms with Crippen molar-refractivity contribution in [3.05, 3.63) is 65.2 Å². The normalized spacial score (nSPS) is 17.6. The molecular weight excluding hydrogens is 420 g/mol. The smallest absolute Gasteiger partial charge is 0.324 e. The molecule has 176 valence electrons. The average molecular weight is 453 g/mol. The van der Waals surface area contributed by atoms with Crippen LogP contribution in [0.15, 0.2) is 48.5 Å². The number of morpholine rings is 1. The molecule has 2 heterocycles. The fraction of sp³-hybridized carbons (Fsp3) is 0.440. The Morgan fingerprint density at radius 2 is 1.76 bits per heavy atom. The second-order valence-corrected chi connectivity index (χ2v) is 8.78. The van der Waals surface area contributed by atoms with Crippen molar-refractivity contribution in [3.63, 3.8) is 0 Å². The molecule has 0 atom stereocenters. The topological polar surface area (TPSA) is 85.3 Å². The molecule has 0 saturated carbocycles. The van der Waals surface area contributed by atoms with E-state index in [1.165, 1.54) is 5.56 Å². The molecule has 0 radical (unpaired) electrons. The molecule has 2 fully saturated rings. The summed E-state index contributed by atoms with van der Waals surface area (Å²) in [6.45, 7) is 4.77. The molecule has 8 heteroatoms. The van der Waals surface area contributed by atoms with E-state index in [2.05, 4.69) is 24.1 Å². The SMILES string of the molecule is CN1CCC(c2cccc(N(Cc3ccc(C(=O)NO)cc3)C(=O)N3CCOCC3)c2)CC1. The van der Waals surface area contributed by atoms with Crippen LogP contribution < -0.4 is 10.4 Å². The number of nitrogens with zero attached hydrogens (tertiary/aromatic N) is 3. The van der Waals surface area contributed by atoms with Crippen LogP contribution in [-0.2, 0) is 11.3 Å². The molecule has 2 N–H and O–H groups in total. The van der Waals surface area contributed by atoms with Crippen molar-refractivity contribution in [3.8, 4) is 0 Å². The summed E-state index contributed by atoms with van der Waals surface area (Å²) in [6.07, 6.45) is 2.23. The Kier molecular flexibility index (Phi) is 7.59. The van der Waals surface area contributed by atoms with Gasteiger partial charge in [-0.3, -0.25) is 14.9 Å². The monoisotopic (exact) mass is 452 g/mol. The van der Waals surface area contributed by atoms with Gasteiger partial charge >= 0.3 is 6.03 Å². The summed E-state index contributed by atoms with van der Waals surface area (Å²) in [5.74, 6) is -0.0635. The maximum Gasteiger partial charge on any atom is 0.324 e. The summed E-state index contributed by atoms with van der Waals surface area (Å²) < 4.78 is 5.43. The van der Waals surface area contributed by atoms with E-state index in [4.69, 9.17) is 9.94 Å². The van der Waals surface area contributed by atoms with Crippen molar-refractivity contribution in [2.45, 2.75) is 25.3 Å². The zero-order chi connectivity index (χ0) is 23.2. The van der Waals surface area contributed by atoms with Gasteiger partial charge in [-0.05, 0) is 74.3 Å². The molecular formula is C25H32N4O4. The van der Waals surface area contributed by atoms with Crippen molar-refractivity contribution < 1.29 is 19.5 Å². The number of hydrogen-bond acceptors (Lipinski definition) is 5. The Bertz CT molecular complexity index is 951. The number of benzene rings is 2. The van der Waals surface area contributed by atoms with Gasteiger partial charge in [0.1, 0.15) is 0 Å². The minimum absolute atomic E-state index is 0.0454. The molecule has 33 heavy (non-hydrogen) atoms. The minimum Gasteiger partial charge on any atom is -0.378 e. The van der Waals surface area contributed by atoms with Gasteiger partial charge in [0.2, 0.25) is 0 Å². The van der Waals surface area contributed by atoms with Crippen LogP contribution in [0.3, 0.4) is 0 Å². The quantitative estimate of drug-likeness (QED) is 0.538. The number of hydrogen-bond donors (Lipinski definition) is 2. The molecule has 2 aromatic rings. The van der Waals surface area contributed by atoms with E-state index < -0.39 is 5.91 Å². The van der Waals surface area contributed by atoms with Crippen LogP contribution in [0.25, 0.3) is 0 Å². The Labute approximate surface area is 194 Å². The first-order valence-electron chi connectivity index (χ1n) is 11.5. The minimum atomic E-state index is -0.561. The molecule has 2 aliphatic rings. The first kappa shape index (κ1) is 23.2. The summed E-state index contributed by atoms with van der Waals surface area (Å²) in [5, 5.41) is 8.85. The van der Waals surface area contributed by atoms with Crippen LogP contribution in [0.5, 0.6) is 0 Å². The van der Waals surface area contributed by atoms with Crippen molar-refractivity contribution in [1.29, 1.82) is 0 Å². The lowest BCUT2D eigenvalue weighted by Crippen LogP contribution is -2.48. The van der Waals surface area contributed by atoms with E-state index in [0.717, 1.165) is 37.2 Å². The number of carbonyl (C=O) groups excluding carboxylic acids is 2. The highest BCUT2D eigenvalue weighted by molar-refractivity contribution is 5.94. The van der Waals surface area contributed by atoms with Gasteiger partial charge in [0.25, 0.3) is 5.91 Å². The zero-order valence-electron chi connectivity index (χ0n) is 19.1. The fourth-order valence-corrected chi connectivity index (χ4v) is 4.49. The Balaban J connectivity index is 1.59. The Morgan fingerprint density at radius 3 is 2.42 bits per heavy atom. The summed E-state index contributed by atoms with van der Waals surface area (Å²) >= 11 is 0. The third-order valence-corrected chi connectivity index (χ3v) is 6.54. The van der Waals surface area contributed by atoms with Crippen molar-refractivity contribution in [2.75, 3.05) is 51.3 Å². The van der Waals surface area contributed by atoms with Crippen LogP contribution >= 0.6 is 0 Å². The zero-order valence-corrected chi connectivity index (χ0v) is 19.1. The average Bonchev–Trinajstić information content (AvgIpc) is 2.88. The van der Waals surface area contributed by atoms with Crippen molar-refractivity contribution in [1.82, 2.24) is 15.3 Å². The number of urea groups is 1. The van der Waals surface area contributed by atoms with Gasteiger partial charge in [-0.2, -0.15) is 0 Å². The van der Waals surface area contributed by atoms with Gasteiger partial charge in [0, 0.05) is 24.3 Å². The maximum atomic E-state index is 13.5. The van der Waals surface area contributed by atoms with E-state index in [-0.39, 0.29) is 6.03 Å². The molecule has 0 aliphatic carbocycles. The molecule has 2 aromatic carbocycles. The molecule has 4 rings (SSSR count). The summed E-state index contributed by atoms with van der Waals surface area (Å²) in [4.78, 5) is 31.2. The summed E-state index contributed by atoms with van der Waals surface area (Å²) in [6, 6.07) is 15.2. The number of likely N-dealkylation sites (tertiary alicyclic amines) is 1. The van der Waals surface area contributed by atoms with Crippen LogP contribution in [0.1, 0.15) is 40.2 Å². The highest BCUT2D eigenvalue weighted by Gasteiger charge is 2.26. The number of ether oxygens (including phenoxy) is 1. The number of hydroxylamine groups is 1. The third-order valence-electron chi connectivity index (χ3n) is 6.54. The van der Waals surface area contributed by atoms with Gasteiger partial charge in [-0.1, -0.05) is 24.3 Å². The van der Waals surface area contributed by atoms with Gasteiger partial charge in [0.15, 0.2) is 0 Å².